The third kappa shape index (κ3) is 13.5. The van der Waals surface area contributed by atoms with E-state index in [0.717, 1.165) is 146 Å². The molecule has 5 aromatic rings. The number of nitrogens with zero attached hydrogens (tertiary/aromatic N) is 2. The van der Waals surface area contributed by atoms with E-state index in [1.165, 1.54) is 93.5 Å². The highest BCUT2D eigenvalue weighted by Gasteiger charge is 2.41. The molecule has 8 nitrogen and oxygen atoms in total. The first kappa shape index (κ1) is 59.9. The molecule has 4 aliphatic carbocycles. The summed E-state index contributed by atoms with van der Waals surface area (Å²) in [6.07, 6.45) is 28.5. The third-order valence-electron chi connectivity index (χ3n) is 19.2. The first-order valence-corrected chi connectivity index (χ1v) is 34.8. The fourth-order valence-corrected chi connectivity index (χ4v) is 19.4. The smallest absolute Gasteiger partial charge is 0.314 e. The topological polar surface area (TPSA) is 99.3 Å². The SMILES string of the molecule is CCCCC(CC)CN(C)c1cc2sc(C3=C(O)/C(=c4\sc5c(c4-c4ccc(OC(=O)[C@H]6CC[C@H]([C@H]7CC[C@H](CCC)CC7)CC6)cc4)SC(=[N+](C)CC(CC)CCCC)C=5)C3=O)c(-c3ccc(OC(O)C4CCCCC4)cc3)c2s1. The van der Waals surface area contributed by atoms with E-state index in [-0.39, 0.29) is 29.3 Å². The van der Waals surface area contributed by atoms with Gasteiger partial charge in [-0.05, 0) is 148 Å². The largest absolute Gasteiger partial charge is 0.506 e. The molecular weight excluding hydrogens is 1080 g/mol. The number of aliphatic hydroxyl groups is 2. The summed E-state index contributed by atoms with van der Waals surface area (Å²) in [5.41, 5.74) is 4.45. The van der Waals surface area contributed by atoms with Gasteiger partial charge in [0, 0.05) is 56.8 Å². The van der Waals surface area contributed by atoms with Gasteiger partial charge in [0.2, 0.25) is 10.8 Å². The summed E-state index contributed by atoms with van der Waals surface area (Å²) >= 11 is 6.67. The molecule has 0 amide bonds. The molecule has 3 aromatic heterocycles. The summed E-state index contributed by atoms with van der Waals surface area (Å²) in [7, 11) is 4.40. The quantitative estimate of drug-likeness (QED) is 0.0273. The molecule has 1 aliphatic heterocycles. The monoisotopic (exact) mass is 1170 g/mol. The van der Waals surface area contributed by atoms with Crippen LogP contribution in [0.5, 0.6) is 11.5 Å². The molecule has 436 valence electrons. The van der Waals surface area contributed by atoms with Gasteiger partial charge in [-0.15, -0.1) is 34.0 Å². The van der Waals surface area contributed by atoms with E-state index in [2.05, 4.69) is 70.3 Å². The number of anilines is 1. The predicted molar refractivity (Wildman–Crippen MR) is 343 cm³/mol. The highest BCUT2D eigenvalue weighted by Crippen LogP contribution is 2.53. The van der Waals surface area contributed by atoms with Crippen molar-refractivity contribution in [1.82, 2.24) is 0 Å². The van der Waals surface area contributed by atoms with Gasteiger partial charge in [0.15, 0.2) is 6.29 Å². The van der Waals surface area contributed by atoms with Crippen LogP contribution in [0.25, 0.3) is 48.9 Å². The van der Waals surface area contributed by atoms with Crippen LogP contribution >= 0.6 is 45.8 Å². The molecule has 0 spiro atoms. The Balaban J connectivity index is 0.976. The highest BCUT2D eigenvalue weighted by atomic mass is 32.2. The second-order valence-corrected chi connectivity index (χ2v) is 28.9. The van der Waals surface area contributed by atoms with Crippen molar-refractivity contribution in [3.8, 4) is 33.8 Å². The van der Waals surface area contributed by atoms with Crippen LogP contribution in [0.4, 0.5) is 5.00 Å². The van der Waals surface area contributed by atoms with E-state index in [9.17, 15) is 15.0 Å². The minimum Gasteiger partial charge on any atom is -0.506 e. The first-order valence-electron chi connectivity index (χ1n) is 31.6. The highest BCUT2D eigenvalue weighted by molar-refractivity contribution is 8.15. The first-order chi connectivity index (χ1) is 39.4. The number of thioether (sulfide) groups is 1. The molecule has 4 heterocycles. The average molecular weight is 1170 g/mol. The number of carbonyl (C=O) groups excluding carboxylic acids is 2. The molecule has 3 fully saturated rings. The summed E-state index contributed by atoms with van der Waals surface area (Å²) in [5, 5.41) is 26.0. The number of aliphatic hydroxyl groups excluding tert-OH is 2. The van der Waals surface area contributed by atoms with Crippen molar-refractivity contribution in [2.75, 3.05) is 32.1 Å². The number of Topliss-reactive ketones (excluding diaryl/α,β-unsaturated/α-hetero) is 1. The summed E-state index contributed by atoms with van der Waals surface area (Å²) in [4.78, 5) is 33.2. The molecule has 12 heteroatoms. The lowest BCUT2D eigenvalue weighted by Crippen LogP contribution is -2.30. The Hall–Kier alpha value is -4.20. The molecule has 3 atom stereocenters. The molecule has 5 aliphatic rings. The zero-order valence-corrected chi connectivity index (χ0v) is 52.9. The maximum atomic E-state index is 15.2. The number of thiophene rings is 3. The lowest BCUT2D eigenvalue weighted by Gasteiger charge is -2.37. The Morgan fingerprint density at radius 3 is 2.00 bits per heavy atom. The van der Waals surface area contributed by atoms with Gasteiger partial charge in [0.1, 0.15) is 30.9 Å². The number of hydrogen-bond donors (Lipinski definition) is 2. The normalized spacial score (nSPS) is 23.0. The van der Waals surface area contributed by atoms with Crippen molar-refractivity contribution < 1.29 is 33.9 Å². The predicted octanol–water partition coefficient (Wildman–Crippen LogP) is 17.5. The minimum atomic E-state index is -0.851. The van der Waals surface area contributed by atoms with Crippen molar-refractivity contribution in [2.45, 2.75) is 193 Å². The zero-order chi connectivity index (χ0) is 56.7. The van der Waals surface area contributed by atoms with Crippen LogP contribution in [-0.2, 0) is 9.59 Å². The standard InChI is InChI=1S/C69H90N2O6S4/c1-8-13-19-43(11-4)41-70(6)56-39-54-64(80-56)58(48-31-35-52(36-32-48)76-68(74)50-21-16-15-17-22-50)66(78-54)60-62(72)61(63(60)73)67-59(65-55(79-67)40-57(81-65)71(7)42-44(12-5)20-14-9-2)49-33-37-53(38-34-49)77-69(75)51-29-27-47(28-30-51)46-25-23-45(18-10-3)24-26-46/h31-40,43-47,50-51,68,74H,8-30,41-42H2,1-7H3/p+1/t43?,44?,45-,46-,47-,51-,68?. The minimum absolute atomic E-state index is 0.0309. The van der Waals surface area contributed by atoms with E-state index in [4.69, 9.17) is 9.47 Å². The molecular formula is C69H91N2O6S4+. The van der Waals surface area contributed by atoms with Crippen molar-refractivity contribution in [2.24, 2.45) is 41.4 Å². The number of ketones is 1. The van der Waals surface area contributed by atoms with Crippen LogP contribution in [0.1, 0.15) is 187 Å². The van der Waals surface area contributed by atoms with E-state index in [1.807, 2.05) is 48.5 Å². The summed E-state index contributed by atoms with van der Waals surface area (Å²) in [6, 6.07) is 18.1. The fourth-order valence-electron chi connectivity index (χ4n) is 14.0. The molecule has 2 aromatic carbocycles. The lowest BCUT2D eigenvalue weighted by molar-refractivity contribution is -0.501. The van der Waals surface area contributed by atoms with E-state index in [1.54, 1.807) is 45.8 Å². The lowest BCUT2D eigenvalue weighted by atomic mass is 9.69. The number of esters is 1. The van der Waals surface area contributed by atoms with Crippen LogP contribution in [0.15, 0.2) is 65.3 Å². The molecule has 0 radical (unpaired) electrons. The van der Waals surface area contributed by atoms with E-state index in [0.29, 0.717) is 34.5 Å². The Labute approximate surface area is 499 Å². The van der Waals surface area contributed by atoms with Gasteiger partial charge >= 0.3 is 5.97 Å². The summed E-state index contributed by atoms with van der Waals surface area (Å²) < 4.78 is 18.7. The van der Waals surface area contributed by atoms with Crippen LogP contribution in [0.3, 0.4) is 0 Å². The van der Waals surface area contributed by atoms with Gasteiger partial charge in [-0.1, -0.05) is 136 Å². The maximum Gasteiger partial charge on any atom is 0.314 e. The van der Waals surface area contributed by atoms with Crippen LogP contribution in [-0.4, -0.2) is 65.1 Å². The fraction of sp³-hybridized carbons (Fsp3) is 0.580. The number of allylic oxidation sites excluding steroid dienone is 2. The van der Waals surface area contributed by atoms with Gasteiger partial charge in [0.25, 0.3) is 0 Å². The van der Waals surface area contributed by atoms with Gasteiger partial charge in [-0.25, -0.2) is 4.58 Å². The number of benzene rings is 2. The van der Waals surface area contributed by atoms with Gasteiger partial charge in [0.05, 0.1) is 36.2 Å². The Bertz CT molecular complexity index is 3160. The Kier molecular flexibility index (Phi) is 20.5. The summed E-state index contributed by atoms with van der Waals surface area (Å²) in [6.45, 7) is 13.4. The Morgan fingerprint density at radius 2 is 1.37 bits per heavy atom. The second-order valence-electron chi connectivity index (χ2n) is 24.7. The molecule has 3 unspecified atom stereocenters. The number of fused-ring (bicyclic) bond motifs is 2. The van der Waals surface area contributed by atoms with Crippen LogP contribution in [0, 0.1) is 41.4 Å². The second kappa shape index (κ2) is 27.7. The van der Waals surface area contributed by atoms with Gasteiger partial charge in [-0.2, -0.15) is 0 Å². The van der Waals surface area contributed by atoms with E-state index < -0.39 is 6.29 Å². The van der Waals surface area contributed by atoms with E-state index >= 15 is 4.79 Å². The third-order valence-corrected chi connectivity index (χ3v) is 24.3. The number of unbranched alkanes of at least 4 members (excludes halogenated alkanes) is 2. The molecule has 2 N–H and O–H groups in total. The Morgan fingerprint density at radius 1 is 0.741 bits per heavy atom. The average Bonchev–Trinajstić information content (AvgIpc) is 4.46. The van der Waals surface area contributed by atoms with Gasteiger partial charge < -0.3 is 24.6 Å². The van der Waals surface area contributed by atoms with Crippen molar-refractivity contribution in [3.05, 3.63) is 74.3 Å². The van der Waals surface area contributed by atoms with Crippen LogP contribution in [0.2, 0.25) is 0 Å². The molecule has 81 heavy (non-hydrogen) atoms. The molecule has 0 saturated heterocycles. The molecule has 0 bridgehead atoms. The van der Waals surface area contributed by atoms with Crippen molar-refractivity contribution >= 4 is 94.2 Å². The van der Waals surface area contributed by atoms with Crippen molar-refractivity contribution in [1.29, 1.82) is 0 Å². The number of hydrogen-bond acceptors (Lipinski definition) is 11. The number of ether oxygens (including phenoxy) is 2. The molecule has 10 rings (SSSR count). The van der Waals surface area contributed by atoms with Gasteiger partial charge in [-0.3, -0.25) is 9.59 Å². The number of carbonyl (C=O) groups is 2. The number of rotatable bonds is 24. The summed E-state index contributed by atoms with van der Waals surface area (Å²) in [5.74, 6) is 4.64. The zero-order valence-electron chi connectivity index (χ0n) is 49.6. The van der Waals surface area contributed by atoms with Crippen LogP contribution < -0.4 is 23.4 Å². The molecule has 3 saturated carbocycles. The maximum absolute atomic E-state index is 15.2. The van der Waals surface area contributed by atoms with Crippen molar-refractivity contribution in [3.63, 3.8) is 0 Å².